The molecule has 1 saturated carbocycles. The molecule has 1 heteroatoms. The van der Waals surface area contributed by atoms with Gasteiger partial charge in [-0.05, 0) is 42.0 Å². The fraction of sp³-hybridized carbons (Fsp3) is 0.273. The summed E-state index contributed by atoms with van der Waals surface area (Å²) in [7, 11) is 0. The highest BCUT2D eigenvalue weighted by Crippen LogP contribution is 2.40. The van der Waals surface area contributed by atoms with Gasteiger partial charge in [-0.25, -0.2) is 4.39 Å². The van der Waals surface area contributed by atoms with Gasteiger partial charge in [0, 0.05) is 0 Å². The van der Waals surface area contributed by atoms with E-state index < -0.39 is 0 Å². The Bertz CT molecular complexity index is 311. The van der Waals surface area contributed by atoms with E-state index in [2.05, 4.69) is 6.58 Å². The first kappa shape index (κ1) is 7.53. The van der Waals surface area contributed by atoms with Crippen LogP contribution in [0.25, 0.3) is 6.08 Å². The lowest BCUT2D eigenvalue weighted by Crippen LogP contribution is -1.84. The molecule has 1 fully saturated rings. The third-order valence-corrected chi connectivity index (χ3v) is 2.23. The second-order valence-corrected chi connectivity index (χ2v) is 3.30. The smallest absolute Gasteiger partial charge is 0.124 e. The third-order valence-electron chi connectivity index (χ3n) is 2.23. The van der Waals surface area contributed by atoms with E-state index in [1.165, 1.54) is 18.9 Å². The molecule has 0 aromatic heterocycles. The van der Waals surface area contributed by atoms with Crippen LogP contribution in [0.1, 0.15) is 29.9 Å². The van der Waals surface area contributed by atoms with Crippen molar-refractivity contribution >= 4 is 6.08 Å². The molecule has 0 N–H and O–H groups in total. The largest absolute Gasteiger partial charge is 0.207 e. The summed E-state index contributed by atoms with van der Waals surface area (Å²) >= 11 is 0. The lowest BCUT2D eigenvalue weighted by atomic mass is 10.1. The molecule has 0 bridgehead atoms. The van der Waals surface area contributed by atoms with Crippen LogP contribution in [0.15, 0.2) is 24.8 Å². The molecular weight excluding hydrogens is 151 g/mol. The SMILES string of the molecule is C=Cc1cc(F)cc(C2CC2)c1. The molecule has 1 aliphatic rings. The van der Waals surface area contributed by atoms with Crippen LogP contribution in [0.4, 0.5) is 4.39 Å². The lowest BCUT2D eigenvalue weighted by molar-refractivity contribution is 0.625. The van der Waals surface area contributed by atoms with Crippen molar-refractivity contribution in [3.8, 4) is 0 Å². The average Bonchev–Trinajstić information content (AvgIpc) is 2.85. The number of hydrogen-bond donors (Lipinski definition) is 0. The summed E-state index contributed by atoms with van der Waals surface area (Å²) in [4.78, 5) is 0. The molecule has 2 rings (SSSR count). The maximum Gasteiger partial charge on any atom is 0.124 e. The molecule has 62 valence electrons. The van der Waals surface area contributed by atoms with E-state index in [1.54, 1.807) is 12.1 Å². The Labute approximate surface area is 71.7 Å². The number of rotatable bonds is 2. The zero-order valence-electron chi connectivity index (χ0n) is 6.89. The van der Waals surface area contributed by atoms with Crippen molar-refractivity contribution in [2.45, 2.75) is 18.8 Å². The summed E-state index contributed by atoms with van der Waals surface area (Å²) in [6.07, 6.45) is 4.11. The normalized spacial score (nSPS) is 16.1. The standard InChI is InChI=1S/C11H11F/c1-2-8-5-10(9-3-4-9)7-11(12)6-8/h2,5-7,9H,1,3-4H2. The van der Waals surface area contributed by atoms with Gasteiger partial charge in [-0.2, -0.15) is 0 Å². The van der Waals surface area contributed by atoms with Crippen LogP contribution in [-0.4, -0.2) is 0 Å². The zero-order chi connectivity index (χ0) is 8.55. The number of halogens is 1. The van der Waals surface area contributed by atoms with Crippen LogP contribution in [0.5, 0.6) is 0 Å². The van der Waals surface area contributed by atoms with Crippen molar-refractivity contribution in [3.63, 3.8) is 0 Å². The Hall–Kier alpha value is -1.11. The highest BCUT2D eigenvalue weighted by molar-refractivity contribution is 5.49. The molecule has 0 aliphatic heterocycles. The van der Waals surface area contributed by atoms with Crippen molar-refractivity contribution < 1.29 is 4.39 Å². The van der Waals surface area contributed by atoms with E-state index in [0.717, 1.165) is 11.1 Å². The first-order valence-electron chi connectivity index (χ1n) is 4.22. The van der Waals surface area contributed by atoms with E-state index >= 15 is 0 Å². The second kappa shape index (κ2) is 2.74. The quantitative estimate of drug-likeness (QED) is 0.625. The summed E-state index contributed by atoms with van der Waals surface area (Å²) < 4.78 is 13.0. The van der Waals surface area contributed by atoms with Gasteiger partial charge in [0.1, 0.15) is 5.82 Å². The summed E-state index contributed by atoms with van der Waals surface area (Å²) in [6, 6.07) is 5.16. The molecule has 1 aliphatic carbocycles. The topological polar surface area (TPSA) is 0 Å². The molecule has 0 amide bonds. The summed E-state index contributed by atoms with van der Waals surface area (Å²) in [5.41, 5.74) is 2.02. The highest BCUT2D eigenvalue weighted by Gasteiger charge is 2.23. The number of hydrogen-bond acceptors (Lipinski definition) is 0. The Kier molecular flexibility index (Phi) is 1.72. The van der Waals surface area contributed by atoms with Crippen molar-refractivity contribution in [2.75, 3.05) is 0 Å². The first-order chi connectivity index (χ1) is 5.79. The van der Waals surface area contributed by atoms with E-state index in [-0.39, 0.29) is 5.82 Å². The van der Waals surface area contributed by atoms with Gasteiger partial charge >= 0.3 is 0 Å². The Morgan fingerprint density at radius 3 is 2.67 bits per heavy atom. The van der Waals surface area contributed by atoms with Gasteiger partial charge in [-0.15, -0.1) is 0 Å². The molecule has 0 saturated heterocycles. The molecule has 1 aromatic carbocycles. The maximum atomic E-state index is 13.0. The third kappa shape index (κ3) is 1.40. The van der Waals surface area contributed by atoms with E-state index in [0.29, 0.717) is 5.92 Å². The summed E-state index contributed by atoms with van der Waals surface area (Å²) in [5, 5.41) is 0. The summed E-state index contributed by atoms with van der Waals surface area (Å²) in [6.45, 7) is 3.63. The summed E-state index contributed by atoms with van der Waals surface area (Å²) in [5.74, 6) is 0.466. The Morgan fingerprint density at radius 2 is 2.08 bits per heavy atom. The van der Waals surface area contributed by atoms with Gasteiger partial charge < -0.3 is 0 Å². The first-order valence-corrected chi connectivity index (χ1v) is 4.22. The predicted octanol–water partition coefficient (Wildman–Crippen LogP) is 3.35. The molecule has 0 atom stereocenters. The Morgan fingerprint density at radius 1 is 1.33 bits per heavy atom. The van der Waals surface area contributed by atoms with Crippen LogP contribution in [0, 0.1) is 5.82 Å². The second-order valence-electron chi connectivity index (χ2n) is 3.30. The molecule has 12 heavy (non-hydrogen) atoms. The van der Waals surface area contributed by atoms with Crippen LogP contribution in [-0.2, 0) is 0 Å². The van der Waals surface area contributed by atoms with E-state index in [1.807, 2.05) is 6.07 Å². The molecule has 0 nitrogen and oxygen atoms in total. The van der Waals surface area contributed by atoms with E-state index in [9.17, 15) is 4.39 Å². The molecular formula is C11H11F. The molecule has 0 spiro atoms. The maximum absolute atomic E-state index is 13.0. The van der Waals surface area contributed by atoms with Gasteiger partial charge in [0.25, 0.3) is 0 Å². The minimum atomic E-state index is -0.144. The zero-order valence-corrected chi connectivity index (χ0v) is 6.89. The predicted molar refractivity (Wildman–Crippen MR) is 48.5 cm³/mol. The molecule has 1 aromatic rings. The van der Waals surface area contributed by atoms with Crippen molar-refractivity contribution in [3.05, 3.63) is 41.7 Å². The number of benzene rings is 1. The van der Waals surface area contributed by atoms with Crippen LogP contribution < -0.4 is 0 Å². The molecule has 0 radical (unpaired) electrons. The monoisotopic (exact) mass is 162 g/mol. The van der Waals surface area contributed by atoms with Gasteiger partial charge in [0.05, 0.1) is 0 Å². The van der Waals surface area contributed by atoms with Crippen LogP contribution in [0.2, 0.25) is 0 Å². The van der Waals surface area contributed by atoms with Crippen molar-refractivity contribution in [1.29, 1.82) is 0 Å². The van der Waals surface area contributed by atoms with Gasteiger partial charge in [0.2, 0.25) is 0 Å². The van der Waals surface area contributed by atoms with Crippen LogP contribution in [0.3, 0.4) is 0 Å². The minimum absolute atomic E-state index is 0.144. The molecule has 0 heterocycles. The van der Waals surface area contributed by atoms with Crippen LogP contribution >= 0.6 is 0 Å². The lowest BCUT2D eigenvalue weighted by Gasteiger charge is -2.00. The average molecular weight is 162 g/mol. The highest BCUT2D eigenvalue weighted by atomic mass is 19.1. The fourth-order valence-corrected chi connectivity index (χ4v) is 1.41. The fourth-order valence-electron chi connectivity index (χ4n) is 1.41. The minimum Gasteiger partial charge on any atom is -0.207 e. The van der Waals surface area contributed by atoms with E-state index in [4.69, 9.17) is 0 Å². The van der Waals surface area contributed by atoms with Crippen molar-refractivity contribution in [1.82, 2.24) is 0 Å². The molecule has 0 unspecified atom stereocenters. The van der Waals surface area contributed by atoms with Gasteiger partial charge in [-0.1, -0.05) is 18.7 Å². The van der Waals surface area contributed by atoms with Crippen molar-refractivity contribution in [2.24, 2.45) is 0 Å². The van der Waals surface area contributed by atoms with Gasteiger partial charge in [-0.3, -0.25) is 0 Å². The van der Waals surface area contributed by atoms with Gasteiger partial charge in [0.15, 0.2) is 0 Å². The Balaban J connectivity index is 2.40.